The van der Waals surface area contributed by atoms with Crippen LogP contribution in [0.2, 0.25) is 0 Å². The van der Waals surface area contributed by atoms with Crippen LogP contribution in [0.1, 0.15) is 40.6 Å². The van der Waals surface area contributed by atoms with Crippen molar-refractivity contribution in [3.8, 4) is 0 Å². The molecule has 1 aromatic rings. The fourth-order valence-corrected chi connectivity index (χ4v) is 3.63. The van der Waals surface area contributed by atoms with Gasteiger partial charge in [0.2, 0.25) is 0 Å². The van der Waals surface area contributed by atoms with Crippen LogP contribution >= 0.6 is 0 Å². The molecule has 2 aliphatic rings. The van der Waals surface area contributed by atoms with E-state index in [0.29, 0.717) is 11.3 Å². The molecule has 1 aliphatic heterocycles. The number of hydrogen-bond acceptors (Lipinski definition) is 4. The standard InChI is InChI=1S/C10H12N2O4S/c13-10(14)9-7-3-4-17(15,16)5-8(7)12(11-9)6-1-2-6/h6H,1-5H2,(H,13,14). The van der Waals surface area contributed by atoms with Crippen LogP contribution in [-0.4, -0.2) is 35.0 Å². The van der Waals surface area contributed by atoms with Gasteiger partial charge in [0.1, 0.15) is 0 Å². The van der Waals surface area contributed by atoms with E-state index in [1.807, 2.05) is 0 Å². The molecule has 17 heavy (non-hydrogen) atoms. The molecule has 1 aromatic heterocycles. The molecule has 1 fully saturated rings. The van der Waals surface area contributed by atoms with Crippen molar-refractivity contribution in [1.82, 2.24) is 9.78 Å². The summed E-state index contributed by atoms with van der Waals surface area (Å²) < 4.78 is 24.8. The third-order valence-corrected chi connectivity index (χ3v) is 4.77. The van der Waals surface area contributed by atoms with Crippen molar-refractivity contribution in [3.63, 3.8) is 0 Å². The summed E-state index contributed by atoms with van der Waals surface area (Å²) in [5, 5.41) is 13.1. The van der Waals surface area contributed by atoms with Crippen molar-refractivity contribution in [2.24, 2.45) is 0 Å². The van der Waals surface area contributed by atoms with E-state index in [9.17, 15) is 13.2 Å². The van der Waals surface area contributed by atoms with Gasteiger partial charge in [0.05, 0.1) is 23.2 Å². The number of hydrogen-bond donors (Lipinski definition) is 1. The number of sulfone groups is 1. The third-order valence-electron chi connectivity index (χ3n) is 3.23. The minimum atomic E-state index is -3.09. The van der Waals surface area contributed by atoms with Crippen LogP contribution < -0.4 is 0 Å². The number of aromatic nitrogens is 2. The first-order valence-electron chi connectivity index (χ1n) is 5.52. The van der Waals surface area contributed by atoms with Crippen molar-refractivity contribution in [2.75, 3.05) is 5.75 Å². The average molecular weight is 256 g/mol. The van der Waals surface area contributed by atoms with E-state index >= 15 is 0 Å². The van der Waals surface area contributed by atoms with Crippen molar-refractivity contribution < 1.29 is 18.3 Å². The van der Waals surface area contributed by atoms with Gasteiger partial charge in [0, 0.05) is 5.56 Å². The summed E-state index contributed by atoms with van der Waals surface area (Å²) in [6, 6.07) is 0.199. The lowest BCUT2D eigenvalue weighted by molar-refractivity contribution is 0.0688. The molecule has 7 heteroatoms. The SMILES string of the molecule is O=C(O)c1nn(C2CC2)c2c1CCS(=O)(=O)C2. The Kier molecular flexibility index (Phi) is 2.10. The predicted octanol–water partition coefficient (Wildman–Crippen LogP) is 0.387. The Labute approximate surface area is 98.2 Å². The number of nitrogens with zero attached hydrogens (tertiary/aromatic N) is 2. The Morgan fingerprint density at radius 3 is 2.71 bits per heavy atom. The van der Waals surface area contributed by atoms with Gasteiger partial charge in [0.25, 0.3) is 0 Å². The fraction of sp³-hybridized carbons (Fsp3) is 0.600. The zero-order chi connectivity index (χ0) is 12.2. The van der Waals surface area contributed by atoms with Gasteiger partial charge in [-0.05, 0) is 19.3 Å². The first kappa shape index (κ1) is 10.8. The topological polar surface area (TPSA) is 89.3 Å². The predicted molar refractivity (Wildman–Crippen MR) is 58.7 cm³/mol. The summed E-state index contributed by atoms with van der Waals surface area (Å²) in [5.74, 6) is -1.12. The van der Waals surface area contributed by atoms with Crippen molar-refractivity contribution >= 4 is 15.8 Å². The van der Waals surface area contributed by atoms with Gasteiger partial charge < -0.3 is 5.11 Å². The molecule has 0 atom stereocenters. The summed E-state index contributed by atoms with van der Waals surface area (Å²) in [6.07, 6.45) is 2.17. The molecule has 1 aliphatic carbocycles. The molecule has 0 bridgehead atoms. The maximum Gasteiger partial charge on any atom is 0.356 e. The summed E-state index contributed by atoms with van der Waals surface area (Å²) in [7, 11) is -3.09. The summed E-state index contributed by atoms with van der Waals surface area (Å²) >= 11 is 0. The van der Waals surface area contributed by atoms with Crippen LogP contribution in [0.25, 0.3) is 0 Å². The Hall–Kier alpha value is -1.37. The van der Waals surface area contributed by atoms with Crippen molar-refractivity contribution in [3.05, 3.63) is 17.0 Å². The molecule has 0 saturated heterocycles. The number of aromatic carboxylic acids is 1. The van der Waals surface area contributed by atoms with Gasteiger partial charge in [-0.25, -0.2) is 13.2 Å². The van der Waals surface area contributed by atoms with E-state index in [2.05, 4.69) is 5.10 Å². The summed E-state index contributed by atoms with van der Waals surface area (Å²) in [6.45, 7) is 0. The van der Waals surface area contributed by atoms with E-state index < -0.39 is 15.8 Å². The van der Waals surface area contributed by atoms with Gasteiger partial charge in [-0.15, -0.1) is 0 Å². The van der Waals surface area contributed by atoms with Gasteiger partial charge in [-0.1, -0.05) is 0 Å². The van der Waals surface area contributed by atoms with E-state index in [1.165, 1.54) is 0 Å². The van der Waals surface area contributed by atoms with Crippen molar-refractivity contribution in [1.29, 1.82) is 0 Å². The second-order valence-corrected chi connectivity index (χ2v) is 6.78. The van der Waals surface area contributed by atoms with Gasteiger partial charge in [-0.3, -0.25) is 4.68 Å². The smallest absolute Gasteiger partial charge is 0.356 e. The highest BCUT2D eigenvalue weighted by Crippen LogP contribution is 2.38. The molecule has 2 heterocycles. The van der Waals surface area contributed by atoms with Crippen molar-refractivity contribution in [2.45, 2.75) is 31.1 Å². The molecule has 0 spiro atoms. The number of rotatable bonds is 2. The summed E-state index contributed by atoms with van der Waals surface area (Å²) in [4.78, 5) is 11.1. The lowest BCUT2D eigenvalue weighted by atomic mass is 10.1. The Balaban J connectivity index is 2.16. The first-order valence-corrected chi connectivity index (χ1v) is 7.34. The first-order chi connectivity index (χ1) is 7.98. The summed E-state index contributed by atoms with van der Waals surface area (Å²) in [5.41, 5.74) is 1.23. The van der Waals surface area contributed by atoms with E-state index in [4.69, 9.17) is 5.11 Å². The highest BCUT2D eigenvalue weighted by Gasteiger charge is 2.36. The largest absolute Gasteiger partial charge is 0.476 e. The van der Waals surface area contributed by atoms with Crippen LogP contribution in [0.4, 0.5) is 0 Å². The lowest BCUT2D eigenvalue weighted by Crippen LogP contribution is -2.21. The zero-order valence-corrected chi connectivity index (χ0v) is 9.90. The van der Waals surface area contributed by atoms with Crippen LogP contribution in [0.5, 0.6) is 0 Å². The highest BCUT2D eigenvalue weighted by molar-refractivity contribution is 7.90. The molecular weight excluding hydrogens is 244 g/mol. The van der Waals surface area contributed by atoms with E-state index in [-0.39, 0.29) is 29.7 Å². The quantitative estimate of drug-likeness (QED) is 0.826. The maximum atomic E-state index is 11.6. The molecule has 6 nitrogen and oxygen atoms in total. The molecule has 0 amide bonds. The van der Waals surface area contributed by atoms with Crippen LogP contribution in [-0.2, 0) is 22.0 Å². The van der Waals surface area contributed by atoms with E-state index in [0.717, 1.165) is 12.8 Å². The Morgan fingerprint density at radius 1 is 1.41 bits per heavy atom. The lowest BCUT2D eigenvalue weighted by Gasteiger charge is -2.14. The minimum Gasteiger partial charge on any atom is -0.476 e. The van der Waals surface area contributed by atoms with Crippen LogP contribution in [0.3, 0.4) is 0 Å². The second-order valence-electron chi connectivity index (χ2n) is 4.60. The molecule has 0 aromatic carbocycles. The van der Waals surface area contributed by atoms with Crippen LogP contribution in [0.15, 0.2) is 0 Å². The van der Waals surface area contributed by atoms with Gasteiger partial charge in [-0.2, -0.15) is 5.10 Å². The number of carboxylic acids is 1. The fourth-order valence-electron chi connectivity index (χ4n) is 2.25. The molecule has 0 unspecified atom stereocenters. The maximum absolute atomic E-state index is 11.6. The molecule has 0 radical (unpaired) electrons. The highest BCUT2D eigenvalue weighted by atomic mass is 32.2. The van der Waals surface area contributed by atoms with Crippen LogP contribution in [0, 0.1) is 0 Å². The average Bonchev–Trinajstić information content (AvgIpc) is 2.99. The Morgan fingerprint density at radius 2 is 2.12 bits per heavy atom. The van der Waals surface area contributed by atoms with Gasteiger partial charge >= 0.3 is 5.97 Å². The molecule has 92 valence electrons. The number of carboxylic acid groups (broad SMARTS) is 1. The molecular formula is C10H12N2O4S. The van der Waals surface area contributed by atoms with E-state index in [1.54, 1.807) is 4.68 Å². The molecule has 1 saturated carbocycles. The monoisotopic (exact) mass is 256 g/mol. The second kappa shape index (κ2) is 3.32. The Bertz CT molecular complexity index is 598. The zero-order valence-electron chi connectivity index (χ0n) is 9.09. The number of fused-ring (bicyclic) bond motifs is 1. The normalized spacial score (nSPS) is 22.1. The molecule has 1 N–H and O–H groups in total. The number of carbonyl (C=O) groups is 1. The minimum absolute atomic E-state index is 0.0244. The third kappa shape index (κ3) is 1.74. The van der Waals surface area contributed by atoms with Gasteiger partial charge in [0.15, 0.2) is 15.5 Å². The molecule has 3 rings (SSSR count).